The number of nitrogens with one attached hydrogen (secondary N) is 2. The standard InChI is InChI=1S/C11H15N7OS/c1-4-12-7-5-13-9(6(2)3)14-8(7)10(19)15-11-16-17-18-20-11/h5-6,12H,4H2,1-3H3,(H,15,16,18,19). The van der Waals surface area contributed by atoms with Gasteiger partial charge in [0, 0.05) is 24.0 Å². The number of hydrogen-bond donors (Lipinski definition) is 2. The first-order valence-electron chi connectivity index (χ1n) is 6.19. The van der Waals surface area contributed by atoms with Crippen LogP contribution in [0.25, 0.3) is 0 Å². The van der Waals surface area contributed by atoms with Crippen LogP contribution >= 0.6 is 11.5 Å². The molecule has 2 aromatic heterocycles. The Kier molecular flexibility index (Phi) is 4.51. The summed E-state index contributed by atoms with van der Waals surface area (Å²) in [5.74, 6) is 0.399. The highest BCUT2D eigenvalue weighted by Gasteiger charge is 2.17. The van der Waals surface area contributed by atoms with Gasteiger partial charge in [0.05, 0.1) is 11.9 Å². The molecular formula is C11H15N7OS. The van der Waals surface area contributed by atoms with Gasteiger partial charge in [0.25, 0.3) is 5.91 Å². The summed E-state index contributed by atoms with van der Waals surface area (Å²) in [5.41, 5.74) is 0.882. The average Bonchev–Trinajstić information content (AvgIpc) is 2.92. The van der Waals surface area contributed by atoms with Crippen molar-refractivity contribution in [1.82, 2.24) is 24.8 Å². The highest BCUT2D eigenvalue weighted by Crippen LogP contribution is 2.18. The predicted octanol–water partition coefficient (Wildman–Crippen LogP) is 1.53. The fraction of sp³-hybridized carbons (Fsp3) is 0.455. The van der Waals surface area contributed by atoms with Gasteiger partial charge in [0.1, 0.15) is 5.82 Å². The number of amides is 1. The number of carbonyl (C=O) groups excluding carboxylic acids is 1. The van der Waals surface area contributed by atoms with E-state index in [0.29, 0.717) is 28.9 Å². The Labute approximate surface area is 120 Å². The van der Waals surface area contributed by atoms with Crippen LogP contribution in [0.15, 0.2) is 6.20 Å². The fourth-order valence-electron chi connectivity index (χ4n) is 1.50. The highest BCUT2D eigenvalue weighted by atomic mass is 32.1. The van der Waals surface area contributed by atoms with Gasteiger partial charge in [-0.15, -0.1) is 0 Å². The van der Waals surface area contributed by atoms with Gasteiger partial charge in [-0.2, -0.15) is 0 Å². The molecule has 0 aliphatic carbocycles. The van der Waals surface area contributed by atoms with Gasteiger partial charge < -0.3 is 5.32 Å². The van der Waals surface area contributed by atoms with Crippen molar-refractivity contribution >= 4 is 28.3 Å². The topological polar surface area (TPSA) is 106 Å². The molecule has 0 atom stereocenters. The Hall–Kier alpha value is -2.16. The minimum absolute atomic E-state index is 0.139. The molecule has 8 nitrogen and oxygen atoms in total. The van der Waals surface area contributed by atoms with Crippen LogP contribution in [-0.4, -0.2) is 37.2 Å². The molecule has 2 heterocycles. The second-order valence-electron chi connectivity index (χ2n) is 4.30. The van der Waals surface area contributed by atoms with Crippen molar-refractivity contribution in [1.29, 1.82) is 0 Å². The van der Waals surface area contributed by atoms with Crippen molar-refractivity contribution in [2.45, 2.75) is 26.7 Å². The van der Waals surface area contributed by atoms with Crippen LogP contribution in [0.4, 0.5) is 10.8 Å². The minimum atomic E-state index is -0.358. The molecule has 1 amide bonds. The summed E-state index contributed by atoms with van der Waals surface area (Å²) >= 11 is 1.01. The molecule has 0 saturated carbocycles. The second kappa shape index (κ2) is 6.33. The first-order valence-corrected chi connectivity index (χ1v) is 6.96. The number of nitrogens with zero attached hydrogens (tertiary/aromatic N) is 5. The average molecular weight is 293 g/mol. The molecule has 20 heavy (non-hydrogen) atoms. The van der Waals surface area contributed by atoms with E-state index in [4.69, 9.17) is 0 Å². The summed E-state index contributed by atoms with van der Waals surface area (Å²) in [6, 6.07) is 0. The van der Waals surface area contributed by atoms with Gasteiger partial charge in [-0.25, -0.2) is 9.97 Å². The molecule has 0 fully saturated rings. The third-order valence-electron chi connectivity index (χ3n) is 2.43. The molecule has 0 aliphatic heterocycles. The normalized spacial score (nSPS) is 10.6. The zero-order valence-corrected chi connectivity index (χ0v) is 12.2. The maximum atomic E-state index is 12.3. The molecule has 0 aromatic carbocycles. The molecule has 0 aliphatic rings. The van der Waals surface area contributed by atoms with Crippen molar-refractivity contribution in [3.8, 4) is 0 Å². The number of carbonyl (C=O) groups is 1. The van der Waals surface area contributed by atoms with Crippen LogP contribution in [0.3, 0.4) is 0 Å². The molecule has 0 saturated heterocycles. The maximum Gasteiger partial charge on any atom is 0.278 e. The van der Waals surface area contributed by atoms with Crippen LogP contribution in [0.2, 0.25) is 0 Å². The maximum absolute atomic E-state index is 12.3. The lowest BCUT2D eigenvalue weighted by atomic mass is 10.2. The van der Waals surface area contributed by atoms with Gasteiger partial charge in [-0.1, -0.05) is 23.4 Å². The van der Waals surface area contributed by atoms with Gasteiger partial charge >= 0.3 is 0 Å². The van der Waals surface area contributed by atoms with E-state index in [9.17, 15) is 4.79 Å². The summed E-state index contributed by atoms with van der Waals surface area (Å²) in [4.78, 5) is 20.8. The lowest BCUT2D eigenvalue weighted by molar-refractivity contribution is 0.102. The third-order valence-corrected chi connectivity index (χ3v) is 2.94. The van der Waals surface area contributed by atoms with Gasteiger partial charge in [-0.05, 0) is 12.1 Å². The zero-order valence-electron chi connectivity index (χ0n) is 11.4. The number of hydrogen-bond acceptors (Lipinski definition) is 8. The summed E-state index contributed by atoms with van der Waals surface area (Å²) in [7, 11) is 0. The number of rotatable bonds is 5. The van der Waals surface area contributed by atoms with Crippen molar-refractivity contribution in [2.75, 3.05) is 17.2 Å². The van der Waals surface area contributed by atoms with Crippen molar-refractivity contribution in [3.63, 3.8) is 0 Å². The molecule has 0 unspecified atom stereocenters. The lowest BCUT2D eigenvalue weighted by Crippen LogP contribution is -2.18. The van der Waals surface area contributed by atoms with Crippen LogP contribution in [0, 0.1) is 0 Å². The van der Waals surface area contributed by atoms with Crippen LogP contribution in [0.5, 0.6) is 0 Å². The molecule has 2 N–H and O–H groups in total. The lowest BCUT2D eigenvalue weighted by Gasteiger charge is -2.11. The first kappa shape index (κ1) is 14.3. The highest BCUT2D eigenvalue weighted by molar-refractivity contribution is 7.09. The Bertz CT molecular complexity index is 584. The summed E-state index contributed by atoms with van der Waals surface area (Å²) < 4.78 is 3.59. The molecule has 9 heteroatoms. The van der Waals surface area contributed by atoms with Gasteiger partial charge in [0.2, 0.25) is 5.13 Å². The Morgan fingerprint density at radius 3 is 2.85 bits per heavy atom. The monoisotopic (exact) mass is 293 g/mol. The fourth-order valence-corrected chi connectivity index (χ4v) is 1.87. The van der Waals surface area contributed by atoms with E-state index >= 15 is 0 Å². The van der Waals surface area contributed by atoms with E-state index < -0.39 is 0 Å². The van der Waals surface area contributed by atoms with Crippen molar-refractivity contribution < 1.29 is 4.79 Å². The third kappa shape index (κ3) is 3.23. The molecule has 2 rings (SSSR count). The Morgan fingerprint density at radius 1 is 1.45 bits per heavy atom. The quantitative estimate of drug-likeness (QED) is 0.861. The Balaban J connectivity index is 2.30. The second-order valence-corrected chi connectivity index (χ2v) is 5.03. The van der Waals surface area contributed by atoms with Crippen molar-refractivity contribution in [2.24, 2.45) is 0 Å². The van der Waals surface area contributed by atoms with E-state index in [1.165, 1.54) is 0 Å². The smallest absolute Gasteiger partial charge is 0.278 e. The van der Waals surface area contributed by atoms with Gasteiger partial charge in [-0.3, -0.25) is 10.1 Å². The zero-order chi connectivity index (χ0) is 14.5. The molecule has 106 valence electrons. The SMILES string of the molecule is CCNc1cnc(C(C)C)nc1C(=O)Nc1nnns1. The molecular weight excluding hydrogens is 278 g/mol. The van der Waals surface area contributed by atoms with E-state index in [1.807, 2.05) is 20.8 Å². The molecule has 2 aromatic rings. The first-order chi connectivity index (χ1) is 9.61. The van der Waals surface area contributed by atoms with Crippen LogP contribution in [0.1, 0.15) is 43.0 Å². The minimum Gasteiger partial charge on any atom is -0.382 e. The number of anilines is 2. The summed E-state index contributed by atoms with van der Waals surface area (Å²) in [6.07, 6.45) is 1.62. The molecule has 0 spiro atoms. The van der Waals surface area contributed by atoms with E-state index in [1.54, 1.807) is 6.20 Å². The van der Waals surface area contributed by atoms with E-state index in [0.717, 1.165) is 11.5 Å². The summed E-state index contributed by atoms with van der Waals surface area (Å²) in [5, 5.41) is 13.1. The van der Waals surface area contributed by atoms with E-state index in [2.05, 4.69) is 35.4 Å². The summed E-state index contributed by atoms with van der Waals surface area (Å²) in [6.45, 7) is 6.55. The van der Waals surface area contributed by atoms with Crippen molar-refractivity contribution in [3.05, 3.63) is 17.7 Å². The van der Waals surface area contributed by atoms with Gasteiger partial charge in [0.15, 0.2) is 5.69 Å². The largest absolute Gasteiger partial charge is 0.382 e. The van der Waals surface area contributed by atoms with Crippen LogP contribution in [-0.2, 0) is 0 Å². The van der Waals surface area contributed by atoms with Crippen LogP contribution < -0.4 is 10.6 Å². The number of aromatic nitrogens is 5. The molecule has 0 bridgehead atoms. The Morgan fingerprint density at radius 2 is 2.25 bits per heavy atom. The molecule has 0 radical (unpaired) electrons. The predicted molar refractivity (Wildman–Crippen MR) is 75.9 cm³/mol. The van der Waals surface area contributed by atoms with E-state index in [-0.39, 0.29) is 11.8 Å².